The molecule has 6 heteroatoms. The highest BCUT2D eigenvalue weighted by atomic mass is 16.5. The van der Waals surface area contributed by atoms with Gasteiger partial charge in [-0.25, -0.2) is 0 Å². The predicted molar refractivity (Wildman–Crippen MR) is 122 cm³/mol. The lowest BCUT2D eigenvalue weighted by Gasteiger charge is -2.40. The molecule has 2 aliphatic rings. The number of nitrogens with two attached hydrogens (primary N) is 1. The molecule has 1 aliphatic heterocycles. The summed E-state index contributed by atoms with van der Waals surface area (Å²) in [6.07, 6.45) is 7.56. The molecule has 0 radical (unpaired) electrons. The number of hydrogen-bond acceptors (Lipinski definition) is 5. The largest absolute Gasteiger partial charge is 0.472 e. The number of benzene rings is 2. The van der Waals surface area contributed by atoms with Crippen molar-refractivity contribution in [3.8, 4) is 5.75 Å². The zero-order chi connectivity index (χ0) is 21.8. The van der Waals surface area contributed by atoms with E-state index in [9.17, 15) is 9.90 Å². The van der Waals surface area contributed by atoms with Crippen LogP contribution in [0.25, 0.3) is 0 Å². The molecule has 4 N–H and O–H groups in total. The molecule has 164 valence electrons. The van der Waals surface area contributed by atoms with Gasteiger partial charge in [0, 0.05) is 12.2 Å². The van der Waals surface area contributed by atoms with Crippen LogP contribution in [0.15, 0.2) is 48.7 Å². The van der Waals surface area contributed by atoms with Crippen molar-refractivity contribution in [2.45, 2.75) is 51.2 Å². The van der Waals surface area contributed by atoms with E-state index < -0.39 is 6.10 Å². The summed E-state index contributed by atoms with van der Waals surface area (Å²) < 4.78 is 5.98. The van der Waals surface area contributed by atoms with Crippen LogP contribution in [0.2, 0.25) is 0 Å². The van der Waals surface area contributed by atoms with E-state index in [2.05, 4.69) is 23.5 Å². The fourth-order valence-corrected chi connectivity index (χ4v) is 4.53. The summed E-state index contributed by atoms with van der Waals surface area (Å²) in [7, 11) is 0. The summed E-state index contributed by atoms with van der Waals surface area (Å²) in [6, 6.07) is 12.1. The maximum absolute atomic E-state index is 13.3. The van der Waals surface area contributed by atoms with Gasteiger partial charge in [0.2, 0.25) is 0 Å². The molecule has 0 spiro atoms. The number of nitrogens with zero attached hydrogens (tertiary/aromatic N) is 1. The van der Waals surface area contributed by atoms with Crippen LogP contribution in [-0.4, -0.2) is 41.3 Å². The Hall–Kier alpha value is -2.83. The monoisotopic (exact) mass is 421 g/mol. The average molecular weight is 422 g/mol. The third kappa shape index (κ3) is 4.75. The van der Waals surface area contributed by atoms with Crippen molar-refractivity contribution in [3.63, 3.8) is 0 Å². The Kier molecular flexibility index (Phi) is 6.59. The number of fused-ring (bicyclic) bond motifs is 1. The topological polar surface area (TPSA) is 87.8 Å². The Morgan fingerprint density at radius 2 is 1.97 bits per heavy atom. The molecule has 2 aromatic rings. The van der Waals surface area contributed by atoms with E-state index in [1.807, 2.05) is 37.4 Å². The molecule has 2 atom stereocenters. The van der Waals surface area contributed by atoms with Crippen LogP contribution in [0.4, 0.5) is 5.69 Å². The van der Waals surface area contributed by atoms with Gasteiger partial charge in [-0.1, -0.05) is 37.1 Å². The molecular weight excluding hydrogens is 390 g/mol. The normalized spacial score (nSPS) is 21.1. The van der Waals surface area contributed by atoms with E-state index in [0.717, 1.165) is 54.5 Å². The molecule has 0 saturated heterocycles. The number of rotatable bonds is 6. The number of aryl methyl sites for hydroxylation is 1. The van der Waals surface area contributed by atoms with Gasteiger partial charge in [-0.3, -0.25) is 9.69 Å². The number of ether oxygens (including phenoxy) is 1. The van der Waals surface area contributed by atoms with Crippen LogP contribution in [0.3, 0.4) is 0 Å². The lowest BCUT2D eigenvalue weighted by Crippen LogP contribution is -2.51. The number of hydrogen-bond donors (Lipinski definition) is 3. The smallest absolute Gasteiger partial charge is 0.260 e. The minimum absolute atomic E-state index is 0.0385. The van der Waals surface area contributed by atoms with Crippen LogP contribution in [0.5, 0.6) is 5.75 Å². The number of anilines is 1. The minimum atomic E-state index is -0.473. The van der Waals surface area contributed by atoms with Crippen molar-refractivity contribution in [2.75, 3.05) is 18.6 Å². The quantitative estimate of drug-likeness (QED) is 0.664. The third-order valence-electron chi connectivity index (χ3n) is 6.13. The lowest BCUT2D eigenvalue weighted by molar-refractivity contribution is -0.0126. The summed E-state index contributed by atoms with van der Waals surface area (Å²) in [6.45, 7) is 2.70. The van der Waals surface area contributed by atoms with E-state index >= 15 is 0 Å². The van der Waals surface area contributed by atoms with Crippen LogP contribution >= 0.6 is 0 Å². The van der Waals surface area contributed by atoms with Crippen LogP contribution in [0, 0.1) is 6.92 Å². The van der Waals surface area contributed by atoms with Gasteiger partial charge in [0.25, 0.3) is 5.91 Å². The average Bonchev–Trinajstić information content (AvgIpc) is 2.77. The second-order valence-electron chi connectivity index (χ2n) is 8.41. The van der Waals surface area contributed by atoms with Crippen LogP contribution in [0.1, 0.15) is 52.7 Å². The SMILES string of the molecule is Cc1cc(Cc2ccc(N/C=C\CN)cc2)cc2c1OCN([C@H]1CCCC[C@@H]1O)C2=O. The van der Waals surface area contributed by atoms with E-state index in [1.165, 1.54) is 0 Å². The minimum Gasteiger partial charge on any atom is -0.472 e. The van der Waals surface area contributed by atoms with E-state index in [4.69, 9.17) is 10.5 Å². The number of carbonyl (C=O) groups is 1. The molecule has 2 aromatic carbocycles. The number of amides is 1. The Morgan fingerprint density at radius 3 is 2.71 bits per heavy atom. The fraction of sp³-hybridized carbons (Fsp3) is 0.400. The van der Waals surface area contributed by atoms with Gasteiger partial charge in [-0.05, 0) is 67.3 Å². The summed E-state index contributed by atoms with van der Waals surface area (Å²) in [4.78, 5) is 15.0. The van der Waals surface area contributed by atoms with Gasteiger partial charge in [0.1, 0.15) is 5.75 Å². The number of aliphatic hydroxyl groups excluding tert-OH is 1. The molecule has 6 nitrogen and oxygen atoms in total. The molecule has 1 fully saturated rings. The summed E-state index contributed by atoms with van der Waals surface area (Å²) in [5.41, 5.74) is 10.3. The first-order chi connectivity index (χ1) is 15.1. The van der Waals surface area contributed by atoms with Gasteiger partial charge >= 0.3 is 0 Å². The van der Waals surface area contributed by atoms with Crippen molar-refractivity contribution in [2.24, 2.45) is 5.73 Å². The molecule has 1 amide bonds. The molecule has 4 rings (SSSR count). The van der Waals surface area contributed by atoms with E-state index in [-0.39, 0.29) is 18.7 Å². The van der Waals surface area contributed by atoms with Gasteiger partial charge in [0.15, 0.2) is 6.73 Å². The van der Waals surface area contributed by atoms with Crippen molar-refractivity contribution < 1.29 is 14.6 Å². The standard InChI is InChI=1S/C25H31N3O3/c1-17-13-19(14-18-7-9-20(10-8-18)27-12-4-11-26)15-21-24(17)31-16-28(25(21)30)22-5-2-3-6-23(22)29/h4,7-10,12-13,15,22-23,27,29H,2-3,5-6,11,14,16,26H2,1H3/b12-4-/t22-,23-/m0/s1. The number of nitrogens with one attached hydrogen (secondary N) is 1. The van der Waals surface area contributed by atoms with Gasteiger partial charge < -0.3 is 20.9 Å². The summed E-state index contributed by atoms with van der Waals surface area (Å²) >= 11 is 0. The number of aliphatic hydroxyl groups is 1. The van der Waals surface area contributed by atoms with Crippen molar-refractivity contribution >= 4 is 11.6 Å². The maximum atomic E-state index is 13.3. The van der Waals surface area contributed by atoms with Gasteiger partial charge in [-0.15, -0.1) is 0 Å². The zero-order valence-electron chi connectivity index (χ0n) is 18.0. The van der Waals surface area contributed by atoms with Gasteiger partial charge in [-0.2, -0.15) is 0 Å². The van der Waals surface area contributed by atoms with E-state index in [0.29, 0.717) is 17.9 Å². The molecule has 31 heavy (non-hydrogen) atoms. The number of carbonyl (C=O) groups excluding carboxylic acids is 1. The highest BCUT2D eigenvalue weighted by Crippen LogP contribution is 2.34. The summed E-state index contributed by atoms with van der Waals surface area (Å²) in [5.74, 6) is 0.630. The molecule has 1 aliphatic carbocycles. The molecule has 1 heterocycles. The molecule has 1 saturated carbocycles. The maximum Gasteiger partial charge on any atom is 0.260 e. The lowest BCUT2D eigenvalue weighted by atomic mass is 9.90. The Morgan fingerprint density at radius 1 is 1.19 bits per heavy atom. The highest BCUT2D eigenvalue weighted by molar-refractivity contribution is 5.98. The molecule has 0 aromatic heterocycles. The zero-order valence-corrected chi connectivity index (χ0v) is 18.0. The highest BCUT2D eigenvalue weighted by Gasteiger charge is 2.36. The van der Waals surface area contributed by atoms with Crippen LogP contribution < -0.4 is 15.8 Å². The van der Waals surface area contributed by atoms with Crippen molar-refractivity contribution in [1.29, 1.82) is 0 Å². The second kappa shape index (κ2) is 9.54. The third-order valence-corrected chi connectivity index (χ3v) is 6.13. The fourth-order valence-electron chi connectivity index (χ4n) is 4.53. The van der Waals surface area contributed by atoms with Crippen molar-refractivity contribution in [1.82, 2.24) is 4.90 Å². The molecule has 0 unspecified atom stereocenters. The predicted octanol–water partition coefficient (Wildman–Crippen LogP) is 3.57. The first-order valence-corrected chi connectivity index (χ1v) is 11.0. The summed E-state index contributed by atoms with van der Waals surface area (Å²) in [5, 5.41) is 13.6. The van der Waals surface area contributed by atoms with E-state index in [1.54, 1.807) is 4.90 Å². The second-order valence-corrected chi connectivity index (χ2v) is 8.41. The van der Waals surface area contributed by atoms with Crippen molar-refractivity contribution in [3.05, 3.63) is 70.9 Å². The Bertz CT molecular complexity index is 955. The Balaban J connectivity index is 1.52. The Labute approximate surface area is 183 Å². The molecular formula is C25H31N3O3. The van der Waals surface area contributed by atoms with Gasteiger partial charge in [0.05, 0.1) is 17.7 Å². The first-order valence-electron chi connectivity index (χ1n) is 11.0. The molecule has 0 bridgehead atoms. The first kappa shape index (κ1) is 21.4. The van der Waals surface area contributed by atoms with Crippen LogP contribution in [-0.2, 0) is 6.42 Å².